The van der Waals surface area contributed by atoms with E-state index in [9.17, 15) is 0 Å². The summed E-state index contributed by atoms with van der Waals surface area (Å²) < 4.78 is 0. The number of aliphatic imine (C=N–C) groups is 2. The molecule has 0 radical (unpaired) electrons. The molecule has 0 spiro atoms. The maximum absolute atomic E-state index is 4.58. The van der Waals surface area contributed by atoms with Crippen molar-refractivity contribution in [2.75, 3.05) is 0 Å². The zero-order chi connectivity index (χ0) is 18.8. The second-order valence-electron chi connectivity index (χ2n) is 7.78. The molecule has 4 rings (SSSR count). The Labute approximate surface area is 164 Å². The molecule has 148 valence electrons. The van der Waals surface area contributed by atoms with Gasteiger partial charge in [0.1, 0.15) is 12.3 Å². The first kappa shape index (κ1) is 21.1. The highest BCUT2D eigenvalue weighted by Gasteiger charge is 2.32. The molecule has 6 heteroatoms. The molecule has 4 aliphatic rings. The van der Waals surface area contributed by atoms with Gasteiger partial charge in [-0.25, -0.2) is 0 Å². The van der Waals surface area contributed by atoms with Gasteiger partial charge in [-0.1, -0.05) is 19.6 Å². The van der Waals surface area contributed by atoms with E-state index in [2.05, 4.69) is 83.1 Å². The van der Waals surface area contributed by atoms with Crippen molar-refractivity contribution in [3.05, 3.63) is 23.8 Å². The van der Waals surface area contributed by atoms with Crippen molar-refractivity contribution >= 4 is 24.4 Å². The number of hydrogen-bond acceptors (Lipinski definition) is 6. The van der Waals surface area contributed by atoms with E-state index in [0.717, 1.165) is 5.71 Å². The van der Waals surface area contributed by atoms with E-state index in [0.29, 0.717) is 23.9 Å². The molecule has 6 nitrogen and oxygen atoms in total. The number of rotatable bonds is 2. The average molecular weight is 371 g/mol. The lowest BCUT2D eigenvalue weighted by molar-refractivity contribution is 0.173. The molecule has 0 aromatic rings. The Hall–Kier alpha value is -2.24. The summed E-state index contributed by atoms with van der Waals surface area (Å²) in [4.78, 5) is 9.06. The second kappa shape index (κ2) is 8.63. The van der Waals surface area contributed by atoms with Crippen molar-refractivity contribution in [3.8, 4) is 0 Å². The molecule has 27 heavy (non-hydrogen) atoms. The van der Waals surface area contributed by atoms with Crippen LogP contribution in [-0.4, -0.2) is 58.8 Å². The molecule has 0 saturated heterocycles. The predicted octanol–water partition coefficient (Wildman–Crippen LogP) is 3.97. The molecule has 0 bridgehead atoms. The summed E-state index contributed by atoms with van der Waals surface area (Å²) >= 11 is 0. The van der Waals surface area contributed by atoms with Crippen LogP contribution < -0.4 is 0 Å². The van der Waals surface area contributed by atoms with Crippen LogP contribution in [0.25, 0.3) is 0 Å². The number of fused-ring (bicyclic) bond motifs is 2. The van der Waals surface area contributed by atoms with Gasteiger partial charge in [0.2, 0.25) is 0 Å². The van der Waals surface area contributed by atoms with Crippen molar-refractivity contribution in [2.24, 2.45) is 32.0 Å². The van der Waals surface area contributed by atoms with Crippen LogP contribution in [0.1, 0.15) is 49.0 Å². The van der Waals surface area contributed by atoms with Gasteiger partial charge >= 0.3 is 0 Å². The highest BCUT2D eigenvalue weighted by Crippen LogP contribution is 2.26. The van der Waals surface area contributed by atoms with Crippen molar-refractivity contribution in [1.29, 1.82) is 0 Å². The van der Waals surface area contributed by atoms with E-state index >= 15 is 0 Å². The lowest BCUT2D eigenvalue weighted by Gasteiger charge is -2.28. The third-order valence-corrected chi connectivity index (χ3v) is 4.81. The molecule has 0 amide bonds. The molecule has 0 aromatic carbocycles. The predicted molar refractivity (Wildman–Crippen MR) is 117 cm³/mol. The molecule has 0 N–H and O–H groups in total. The minimum absolute atomic E-state index is 0. The largest absolute Gasteiger partial charge is 0.270 e. The maximum atomic E-state index is 4.58. The van der Waals surface area contributed by atoms with Crippen molar-refractivity contribution in [1.82, 2.24) is 10.0 Å². The molecule has 4 unspecified atom stereocenters. The van der Waals surface area contributed by atoms with E-state index in [-0.39, 0.29) is 19.8 Å². The van der Waals surface area contributed by atoms with Gasteiger partial charge in [-0.15, -0.1) is 0 Å². The third-order valence-electron chi connectivity index (χ3n) is 4.81. The van der Waals surface area contributed by atoms with Crippen LogP contribution in [0.3, 0.4) is 0 Å². The van der Waals surface area contributed by atoms with Gasteiger partial charge in [0, 0.05) is 36.4 Å². The molecular formula is C21H34N6. The Morgan fingerprint density at radius 1 is 0.889 bits per heavy atom. The summed E-state index contributed by atoms with van der Waals surface area (Å²) in [5.74, 6) is 0.762. The quantitative estimate of drug-likeness (QED) is 0.738. The highest BCUT2D eigenvalue weighted by molar-refractivity contribution is 5.94. The number of allylic oxidation sites excluding steroid dienone is 2. The van der Waals surface area contributed by atoms with Gasteiger partial charge in [-0.2, -0.15) is 10.2 Å². The second-order valence-corrected chi connectivity index (χ2v) is 7.78. The fourth-order valence-electron chi connectivity index (χ4n) is 3.46. The summed E-state index contributed by atoms with van der Waals surface area (Å²) in [5, 5.41) is 12.9. The van der Waals surface area contributed by atoms with Crippen LogP contribution in [-0.2, 0) is 0 Å². The first-order chi connectivity index (χ1) is 12.4. The van der Waals surface area contributed by atoms with Gasteiger partial charge in [0.15, 0.2) is 0 Å². The summed E-state index contributed by atoms with van der Waals surface area (Å²) in [6.45, 7) is 12.7. The SMILES string of the molecule is C.CC1=CC2C=NN(C(C)C)C2N=C1.CC1=NC2C(C=C1)C=NN2C(C)C. The fourth-order valence-corrected chi connectivity index (χ4v) is 3.46. The smallest absolute Gasteiger partial charge is 0.148 e. The molecular weight excluding hydrogens is 336 g/mol. The molecule has 0 aliphatic carbocycles. The Morgan fingerprint density at radius 2 is 1.48 bits per heavy atom. The zero-order valence-electron chi connectivity index (χ0n) is 16.6. The summed E-state index contributed by atoms with van der Waals surface area (Å²) in [7, 11) is 0. The Kier molecular flexibility index (Phi) is 6.73. The van der Waals surface area contributed by atoms with Crippen LogP contribution in [0.2, 0.25) is 0 Å². The van der Waals surface area contributed by atoms with Gasteiger partial charge in [-0.05, 0) is 53.2 Å². The van der Waals surface area contributed by atoms with E-state index in [4.69, 9.17) is 0 Å². The molecule has 0 saturated carbocycles. The van der Waals surface area contributed by atoms with E-state index in [1.807, 2.05) is 25.6 Å². The van der Waals surface area contributed by atoms with Gasteiger partial charge in [0.25, 0.3) is 0 Å². The third kappa shape index (κ3) is 4.54. The first-order valence-corrected chi connectivity index (χ1v) is 9.46. The van der Waals surface area contributed by atoms with E-state index in [1.165, 1.54) is 5.57 Å². The Balaban J connectivity index is 0.000000187. The monoisotopic (exact) mass is 370 g/mol. The normalized spacial score (nSPS) is 29.9. The highest BCUT2D eigenvalue weighted by atomic mass is 15.5. The minimum atomic E-state index is 0. The van der Waals surface area contributed by atoms with Gasteiger partial charge in [0.05, 0.1) is 11.8 Å². The Morgan fingerprint density at radius 3 is 2.11 bits per heavy atom. The number of nitrogens with zero attached hydrogens (tertiary/aromatic N) is 6. The van der Waals surface area contributed by atoms with Gasteiger partial charge in [-0.3, -0.25) is 20.0 Å². The lowest BCUT2D eigenvalue weighted by atomic mass is 10.0. The fraction of sp³-hybridized carbons (Fsp3) is 0.619. The zero-order valence-corrected chi connectivity index (χ0v) is 16.6. The van der Waals surface area contributed by atoms with Crippen LogP contribution >= 0.6 is 0 Å². The Bertz CT molecular complexity index is 697. The van der Waals surface area contributed by atoms with E-state index in [1.54, 1.807) is 0 Å². The van der Waals surface area contributed by atoms with Crippen molar-refractivity contribution in [3.63, 3.8) is 0 Å². The first-order valence-electron chi connectivity index (χ1n) is 9.46. The molecule has 4 aliphatic heterocycles. The van der Waals surface area contributed by atoms with Crippen LogP contribution in [0.4, 0.5) is 0 Å². The van der Waals surface area contributed by atoms with Crippen LogP contribution in [0.5, 0.6) is 0 Å². The van der Waals surface area contributed by atoms with Gasteiger partial charge < -0.3 is 0 Å². The van der Waals surface area contributed by atoms with Crippen LogP contribution in [0.15, 0.2) is 44.0 Å². The standard InChI is InChI=1S/2C10H15N3.CH4/c1-7(2)13-10-9(6-12-13)4-8(3)5-11-10;1-7(2)13-10-9(6-11-13)5-4-8(3)12-10;/h2*4-7,9-10H,1-3H3;1H4. The summed E-state index contributed by atoms with van der Waals surface area (Å²) in [6, 6.07) is 0.851. The summed E-state index contributed by atoms with van der Waals surface area (Å²) in [5.41, 5.74) is 2.33. The topological polar surface area (TPSA) is 55.9 Å². The van der Waals surface area contributed by atoms with Crippen LogP contribution in [0, 0.1) is 11.8 Å². The van der Waals surface area contributed by atoms with E-state index < -0.39 is 0 Å². The molecule has 4 heterocycles. The summed E-state index contributed by atoms with van der Waals surface area (Å²) in [6.07, 6.45) is 12.8. The molecule has 0 aromatic heterocycles. The molecule has 4 atom stereocenters. The number of dihydropyridines is 2. The average Bonchev–Trinajstić information content (AvgIpc) is 3.18. The minimum Gasteiger partial charge on any atom is -0.270 e. The lowest BCUT2D eigenvalue weighted by Crippen LogP contribution is -2.36. The number of hydrazone groups is 2. The van der Waals surface area contributed by atoms with Crippen molar-refractivity contribution in [2.45, 2.75) is 73.4 Å². The number of hydrogen-bond donors (Lipinski definition) is 0. The molecule has 0 fully saturated rings. The van der Waals surface area contributed by atoms with Crippen molar-refractivity contribution < 1.29 is 0 Å². The maximum Gasteiger partial charge on any atom is 0.148 e.